The molecule has 136 valence electrons. The molecule has 2 aromatic rings. The van der Waals surface area contributed by atoms with Gasteiger partial charge in [0, 0.05) is 16.6 Å². The van der Waals surface area contributed by atoms with E-state index in [0.717, 1.165) is 15.6 Å². The van der Waals surface area contributed by atoms with E-state index in [-0.39, 0.29) is 25.7 Å². The summed E-state index contributed by atoms with van der Waals surface area (Å²) in [6.45, 7) is 1.79. The van der Waals surface area contributed by atoms with Crippen LogP contribution in [0.1, 0.15) is 17.5 Å². The molecule has 0 fully saturated rings. The fraction of sp³-hybridized carbons (Fsp3) is 0.263. The second-order valence-corrected chi connectivity index (χ2v) is 6.77. The van der Waals surface area contributed by atoms with Gasteiger partial charge in [-0.15, -0.1) is 0 Å². The van der Waals surface area contributed by atoms with Gasteiger partial charge < -0.3 is 19.5 Å². The van der Waals surface area contributed by atoms with Crippen molar-refractivity contribution in [2.45, 2.75) is 19.8 Å². The van der Waals surface area contributed by atoms with E-state index in [2.05, 4.69) is 21.2 Å². The standard InChI is InChI=1S/C19H18BrNO5/c1-12-8-14(20)4-5-15(12)21-18(22)10-24-19(23)7-3-13-2-6-16-17(9-13)26-11-25-16/h2,4-6,8-9H,3,7,10-11H2,1H3,(H,21,22). The Hall–Kier alpha value is -2.54. The van der Waals surface area contributed by atoms with Gasteiger partial charge >= 0.3 is 5.97 Å². The summed E-state index contributed by atoms with van der Waals surface area (Å²) in [6.07, 6.45) is 0.688. The third-order valence-electron chi connectivity index (χ3n) is 3.88. The number of hydrogen-bond acceptors (Lipinski definition) is 5. The molecule has 0 aliphatic carbocycles. The molecule has 0 atom stereocenters. The van der Waals surface area contributed by atoms with E-state index in [4.69, 9.17) is 14.2 Å². The van der Waals surface area contributed by atoms with Crippen molar-refractivity contribution in [2.75, 3.05) is 18.7 Å². The van der Waals surface area contributed by atoms with Crippen LogP contribution >= 0.6 is 15.9 Å². The van der Waals surface area contributed by atoms with Crippen molar-refractivity contribution >= 4 is 33.5 Å². The highest BCUT2D eigenvalue weighted by Gasteiger charge is 2.14. The van der Waals surface area contributed by atoms with Crippen LogP contribution in [0.5, 0.6) is 11.5 Å². The molecule has 7 heteroatoms. The second-order valence-electron chi connectivity index (χ2n) is 5.86. The Morgan fingerprint density at radius 1 is 1.15 bits per heavy atom. The number of amides is 1. The molecule has 26 heavy (non-hydrogen) atoms. The van der Waals surface area contributed by atoms with Crippen LogP contribution in [0.3, 0.4) is 0 Å². The van der Waals surface area contributed by atoms with E-state index in [1.165, 1.54) is 0 Å². The molecular formula is C19H18BrNO5. The lowest BCUT2D eigenvalue weighted by Crippen LogP contribution is -2.21. The summed E-state index contributed by atoms with van der Waals surface area (Å²) in [5.41, 5.74) is 2.55. The van der Waals surface area contributed by atoms with E-state index < -0.39 is 5.97 Å². The van der Waals surface area contributed by atoms with Gasteiger partial charge in [-0.2, -0.15) is 0 Å². The number of esters is 1. The van der Waals surface area contributed by atoms with Crippen LogP contribution in [0.25, 0.3) is 0 Å². The summed E-state index contributed by atoms with van der Waals surface area (Å²) in [5.74, 6) is 0.591. The molecule has 1 N–H and O–H groups in total. The average molecular weight is 420 g/mol. The van der Waals surface area contributed by atoms with E-state index >= 15 is 0 Å². The van der Waals surface area contributed by atoms with Crippen molar-refractivity contribution in [1.82, 2.24) is 0 Å². The topological polar surface area (TPSA) is 73.9 Å². The van der Waals surface area contributed by atoms with Gasteiger partial charge in [0.2, 0.25) is 6.79 Å². The zero-order chi connectivity index (χ0) is 18.5. The first kappa shape index (κ1) is 18.3. The van der Waals surface area contributed by atoms with Crippen molar-refractivity contribution in [2.24, 2.45) is 0 Å². The van der Waals surface area contributed by atoms with Crippen LogP contribution < -0.4 is 14.8 Å². The summed E-state index contributed by atoms with van der Waals surface area (Å²) in [4.78, 5) is 23.8. The minimum Gasteiger partial charge on any atom is -0.456 e. The van der Waals surface area contributed by atoms with Gasteiger partial charge in [-0.05, 0) is 54.8 Å². The van der Waals surface area contributed by atoms with Crippen molar-refractivity contribution in [3.8, 4) is 11.5 Å². The molecule has 0 bridgehead atoms. The number of ether oxygens (including phenoxy) is 3. The summed E-state index contributed by atoms with van der Waals surface area (Å²) < 4.78 is 16.5. The van der Waals surface area contributed by atoms with Crippen LogP contribution in [-0.2, 0) is 20.7 Å². The van der Waals surface area contributed by atoms with Crippen LogP contribution in [0, 0.1) is 6.92 Å². The Morgan fingerprint density at radius 2 is 1.96 bits per heavy atom. The molecule has 3 rings (SSSR count). The first-order valence-electron chi connectivity index (χ1n) is 8.11. The number of fused-ring (bicyclic) bond motifs is 1. The number of halogens is 1. The number of aryl methyl sites for hydroxylation is 2. The lowest BCUT2D eigenvalue weighted by atomic mass is 10.1. The fourth-order valence-corrected chi connectivity index (χ4v) is 2.99. The van der Waals surface area contributed by atoms with Gasteiger partial charge in [0.1, 0.15) is 0 Å². The third kappa shape index (κ3) is 4.76. The number of carbonyl (C=O) groups excluding carboxylic acids is 2. The largest absolute Gasteiger partial charge is 0.456 e. The monoisotopic (exact) mass is 419 g/mol. The number of anilines is 1. The maximum atomic E-state index is 11.9. The number of benzene rings is 2. The SMILES string of the molecule is Cc1cc(Br)ccc1NC(=O)COC(=O)CCc1ccc2c(c1)OCO2. The molecule has 0 unspecified atom stereocenters. The molecule has 0 saturated heterocycles. The summed E-state index contributed by atoms with van der Waals surface area (Å²) in [6, 6.07) is 11.1. The van der Waals surface area contributed by atoms with E-state index in [1.54, 1.807) is 6.07 Å². The van der Waals surface area contributed by atoms with Crippen molar-refractivity contribution in [3.63, 3.8) is 0 Å². The van der Waals surface area contributed by atoms with Crippen molar-refractivity contribution < 1.29 is 23.8 Å². The maximum Gasteiger partial charge on any atom is 0.306 e. The smallest absolute Gasteiger partial charge is 0.306 e. The Morgan fingerprint density at radius 3 is 2.77 bits per heavy atom. The van der Waals surface area contributed by atoms with Crippen LogP contribution in [0.4, 0.5) is 5.69 Å². The highest BCUT2D eigenvalue weighted by molar-refractivity contribution is 9.10. The van der Waals surface area contributed by atoms with Crippen LogP contribution in [0.15, 0.2) is 40.9 Å². The van der Waals surface area contributed by atoms with Gasteiger partial charge in [0.15, 0.2) is 18.1 Å². The molecule has 6 nitrogen and oxygen atoms in total. The predicted octanol–water partition coefficient (Wildman–Crippen LogP) is 3.60. The molecule has 1 amide bonds. The molecule has 2 aromatic carbocycles. The fourth-order valence-electron chi connectivity index (χ4n) is 2.51. The molecule has 0 aromatic heterocycles. The first-order chi connectivity index (χ1) is 12.5. The molecule has 1 heterocycles. The quantitative estimate of drug-likeness (QED) is 0.723. The molecule has 0 saturated carbocycles. The van der Waals surface area contributed by atoms with Crippen LogP contribution in [-0.4, -0.2) is 25.3 Å². The van der Waals surface area contributed by atoms with Crippen molar-refractivity contribution in [1.29, 1.82) is 0 Å². The molecule has 1 aliphatic rings. The Balaban J connectivity index is 1.43. The molecule has 0 spiro atoms. The molecule has 0 radical (unpaired) electrons. The van der Waals surface area contributed by atoms with Crippen molar-refractivity contribution in [3.05, 3.63) is 52.0 Å². The van der Waals surface area contributed by atoms with E-state index in [0.29, 0.717) is 23.6 Å². The summed E-state index contributed by atoms with van der Waals surface area (Å²) in [5, 5.41) is 2.73. The third-order valence-corrected chi connectivity index (χ3v) is 4.37. The highest BCUT2D eigenvalue weighted by atomic mass is 79.9. The van der Waals surface area contributed by atoms with E-state index in [9.17, 15) is 9.59 Å². The molecular weight excluding hydrogens is 402 g/mol. The maximum absolute atomic E-state index is 11.9. The second kappa shape index (κ2) is 8.23. The zero-order valence-electron chi connectivity index (χ0n) is 14.2. The Labute approximate surface area is 159 Å². The summed E-state index contributed by atoms with van der Waals surface area (Å²) >= 11 is 3.37. The lowest BCUT2D eigenvalue weighted by molar-refractivity contribution is -0.147. The minimum atomic E-state index is -0.426. The van der Waals surface area contributed by atoms with Gasteiger partial charge in [-0.3, -0.25) is 9.59 Å². The number of nitrogens with one attached hydrogen (secondary N) is 1. The summed E-state index contributed by atoms with van der Waals surface area (Å²) in [7, 11) is 0. The predicted molar refractivity (Wildman–Crippen MR) is 99.4 cm³/mol. The van der Waals surface area contributed by atoms with Crippen LogP contribution in [0.2, 0.25) is 0 Å². The van der Waals surface area contributed by atoms with E-state index in [1.807, 2.05) is 37.3 Å². The van der Waals surface area contributed by atoms with Gasteiger partial charge in [0.05, 0.1) is 0 Å². The average Bonchev–Trinajstić information content (AvgIpc) is 3.08. The normalized spacial score (nSPS) is 11.9. The Bertz CT molecular complexity index is 837. The zero-order valence-corrected chi connectivity index (χ0v) is 15.8. The highest BCUT2D eigenvalue weighted by Crippen LogP contribution is 2.32. The van der Waals surface area contributed by atoms with Gasteiger partial charge in [-0.1, -0.05) is 22.0 Å². The van der Waals surface area contributed by atoms with Gasteiger partial charge in [-0.25, -0.2) is 0 Å². The number of carbonyl (C=O) groups is 2. The van der Waals surface area contributed by atoms with Gasteiger partial charge in [0.25, 0.3) is 5.91 Å². The number of rotatable bonds is 6. The first-order valence-corrected chi connectivity index (χ1v) is 8.91. The number of hydrogen-bond donors (Lipinski definition) is 1. The Kier molecular flexibility index (Phi) is 5.78. The molecule has 1 aliphatic heterocycles. The minimum absolute atomic E-state index is 0.185. The lowest BCUT2D eigenvalue weighted by Gasteiger charge is -2.09.